The lowest BCUT2D eigenvalue weighted by Crippen LogP contribution is -2.36. The zero-order valence-electron chi connectivity index (χ0n) is 16.0. The standard InChI is InChI=1S/C21H19N3O4S2/c22-18(26)17-13-8-4-5-9-14(13)29-19(17)23-16(25)11-24-20(27)15(30-21(24)28)10-12-6-2-1-3-7-12/h1-3,6-7,10H,4-5,8-9,11H2,(H2,22,26)(H,23,25)/b15-10-. The molecule has 3 N–H and O–H groups in total. The first kappa shape index (κ1) is 20.4. The number of hydrogen-bond acceptors (Lipinski definition) is 6. The number of nitrogens with zero attached hydrogens (tertiary/aromatic N) is 1. The Morgan fingerprint density at radius 3 is 2.60 bits per heavy atom. The van der Waals surface area contributed by atoms with Crippen molar-refractivity contribution in [3.63, 3.8) is 0 Å². The largest absolute Gasteiger partial charge is 0.365 e. The third-order valence-corrected chi connectivity index (χ3v) is 7.06. The Labute approximate surface area is 181 Å². The molecule has 1 fully saturated rings. The van der Waals surface area contributed by atoms with Crippen LogP contribution in [0.5, 0.6) is 0 Å². The van der Waals surface area contributed by atoms with Crippen LogP contribution in [0.25, 0.3) is 6.08 Å². The van der Waals surface area contributed by atoms with Crippen molar-refractivity contribution in [3.05, 3.63) is 56.8 Å². The summed E-state index contributed by atoms with van der Waals surface area (Å²) in [5.74, 6) is -1.63. The number of benzene rings is 1. The van der Waals surface area contributed by atoms with Crippen molar-refractivity contribution >= 4 is 57.1 Å². The van der Waals surface area contributed by atoms with Gasteiger partial charge in [0.1, 0.15) is 11.5 Å². The van der Waals surface area contributed by atoms with E-state index >= 15 is 0 Å². The molecular formula is C21H19N3O4S2. The predicted octanol–water partition coefficient (Wildman–Crippen LogP) is 3.40. The first-order valence-corrected chi connectivity index (χ1v) is 11.1. The number of primary amides is 1. The quantitative estimate of drug-likeness (QED) is 0.691. The monoisotopic (exact) mass is 441 g/mol. The van der Waals surface area contributed by atoms with Gasteiger partial charge in [-0.3, -0.25) is 24.1 Å². The topological polar surface area (TPSA) is 110 Å². The summed E-state index contributed by atoms with van der Waals surface area (Å²) in [6.45, 7) is -0.419. The number of imide groups is 1. The molecule has 0 spiro atoms. The average Bonchev–Trinajstić information content (AvgIpc) is 3.21. The number of anilines is 1. The van der Waals surface area contributed by atoms with E-state index < -0.39 is 29.5 Å². The first-order chi connectivity index (χ1) is 14.4. The van der Waals surface area contributed by atoms with Crippen LogP contribution < -0.4 is 11.1 Å². The second-order valence-corrected chi connectivity index (χ2v) is 9.10. The number of nitrogens with two attached hydrogens (primary N) is 1. The van der Waals surface area contributed by atoms with E-state index in [4.69, 9.17) is 5.73 Å². The maximum Gasteiger partial charge on any atom is 0.294 e. The van der Waals surface area contributed by atoms with Gasteiger partial charge in [-0.25, -0.2) is 0 Å². The molecule has 1 aromatic carbocycles. The Morgan fingerprint density at radius 1 is 1.13 bits per heavy atom. The van der Waals surface area contributed by atoms with E-state index in [1.54, 1.807) is 6.08 Å². The second kappa shape index (κ2) is 8.45. The van der Waals surface area contributed by atoms with Gasteiger partial charge in [0, 0.05) is 4.88 Å². The van der Waals surface area contributed by atoms with Gasteiger partial charge in [0.05, 0.1) is 10.5 Å². The molecule has 0 unspecified atom stereocenters. The van der Waals surface area contributed by atoms with Crippen LogP contribution in [0.4, 0.5) is 9.80 Å². The number of amides is 4. The Kier molecular flexibility index (Phi) is 5.74. The predicted molar refractivity (Wildman–Crippen MR) is 117 cm³/mol. The molecule has 0 atom stereocenters. The summed E-state index contributed by atoms with van der Waals surface area (Å²) in [5, 5.41) is 2.58. The molecular weight excluding hydrogens is 422 g/mol. The van der Waals surface area contributed by atoms with Crippen LogP contribution >= 0.6 is 23.1 Å². The van der Waals surface area contributed by atoms with Crippen LogP contribution in [-0.2, 0) is 22.4 Å². The van der Waals surface area contributed by atoms with E-state index in [0.29, 0.717) is 10.6 Å². The first-order valence-electron chi connectivity index (χ1n) is 9.48. The molecule has 2 aliphatic rings. The molecule has 2 heterocycles. The molecule has 1 saturated heterocycles. The minimum atomic E-state index is -0.582. The molecule has 0 bridgehead atoms. The van der Waals surface area contributed by atoms with Crippen molar-refractivity contribution in [1.29, 1.82) is 0 Å². The molecule has 0 saturated carbocycles. The van der Waals surface area contributed by atoms with E-state index in [9.17, 15) is 19.2 Å². The summed E-state index contributed by atoms with van der Waals surface area (Å²) in [7, 11) is 0. The van der Waals surface area contributed by atoms with Gasteiger partial charge < -0.3 is 11.1 Å². The fraction of sp³-hybridized carbons (Fsp3) is 0.238. The maximum absolute atomic E-state index is 12.6. The summed E-state index contributed by atoms with van der Waals surface area (Å²) in [6.07, 6.45) is 5.24. The van der Waals surface area contributed by atoms with Crippen molar-refractivity contribution in [2.45, 2.75) is 25.7 Å². The highest BCUT2D eigenvalue weighted by Crippen LogP contribution is 2.38. The lowest BCUT2D eigenvalue weighted by molar-refractivity contribution is -0.127. The zero-order valence-corrected chi connectivity index (χ0v) is 17.6. The summed E-state index contributed by atoms with van der Waals surface area (Å²) < 4.78 is 0. The number of nitrogens with one attached hydrogen (secondary N) is 1. The fourth-order valence-corrected chi connectivity index (χ4v) is 5.71. The zero-order chi connectivity index (χ0) is 21.3. The van der Waals surface area contributed by atoms with Crippen LogP contribution in [0.3, 0.4) is 0 Å². The van der Waals surface area contributed by atoms with Crippen molar-refractivity contribution in [2.75, 3.05) is 11.9 Å². The normalized spacial score (nSPS) is 17.3. The number of carbonyl (C=O) groups excluding carboxylic acids is 4. The van der Waals surface area contributed by atoms with E-state index in [1.807, 2.05) is 30.3 Å². The smallest absolute Gasteiger partial charge is 0.294 e. The maximum atomic E-state index is 12.6. The summed E-state index contributed by atoms with van der Waals surface area (Å²) in [5.41, 5.74) is 7.60. The third-order valence-electron chi connectivity index (χ3n) is 4.94. The molecule has 1 aromatic heterocycles. The lowest BCUT2D eigenvalue weighted by atomic mass is 9.95. The van der Waals surface area contributed by atoms with Crippen molar-refractivity contribution < 1.29 is 19.2 Å². The third kappa shape index (κ3) is 4.03. The molecule has 9 heteroatoms. The highest BCUT2D eigenvalue weighted by atomic mass is 32.2. The van der Waals surface area contributed by atoms with Crippen LogP contribution in [0, 0.1) is 0 Å². The van der Waals surface area contributed by atoms with Crippen molar-refractivity contribution in [2.24, 2.45) is 5.73 Å². The number of thioether (sulfide) groups is 1. The Hall–Kier alpha value is -2.91. The summed E-state index contributed by atoms with van der Waals surface area (Å²) in [4.78, 5) is 51.7. The summed E-state index contributed by atoms with van der Waals surface area (Å²) in [6, 6.07) is 9.17. The number of fused-ring (bicyclic) bond motifs is 1. The SMILES string of the molecule is NC(=O)c1c(NC(=O)CN2C(=O)S/C(=C\c3ccccc3)C2=O)sc2c1CCCC2. The van der Waals surface area contributed by atoms with Crippen LogP contribution in [0.1, 0.15) is 39.2 Å². The van der Waals surface area contributed by atoms with Crippen LogP contribution in [0.15, 0.2) is 35.2 Å². The van der Waals surface area contributed by atoms with Crippen molar-refractivity contribution in [1.82, 2.24) is 4.90 Å². The van der Waals surface area contributed by atoms with Crippen LogP contribution in [-0.4, -0.2) is 34.4 Å². The number of aryl methyl sites for hydroxylation is 1. The van der Waals surface area contributed by atoms with E-state index in [-0.39, 0.29) is 4.91 Å². The number of thiophene rings is 1. The second-order valence-electron chi connectivity index (χ2n) is 7.01. The highest BCUT2D eigenvalue weighted by molar-refractivity contribution is 8.18. The molecule has 154 valence electrons. The molecule has 7 nitrogen and oxygen atoms in total. The number of rotatable bonds is 5. The molecule has 4 amide bonds. The fourth-order valence-electron chi connectivity index (χ4n) is 3.56. The van der Waals surface area contributed by atoms with Gasteiger partial charge in [-0.2, -0.15) is 0 Å². The van der Waals surface area contributed by atoms with Gasteiger partial charge in [-0.15, -0.1) is 11.3 Å². The molecule has 0 radical (unpaired) electrons. The van der Waals surface area contributed by atoms with Crippen molar-refractivity contribution in [3.8, 4) is 0 Å². The van der Waals surface area contributed by atoms with E-state index in [2.05, 4.69) is 5.32 Å². The van der Waals surface area contributed by atoms with Gasteiger partial charge >= 0.3 is 0 Å². The molecule has 2 aromatic rings. The summed E-state index contributed by atoms with van der Waals surface area (Å²) >= 11 is 2.14. The Balaban J connectivity index is 1.49. The Morgan fingerprint density at radius 2 is 1.87 bits per heavy atom. The van der Waals surface area contributed by atoms with Gasteiger partial charge in [-0.1, -0.05) is 30.3 Å². The highest BCUT2D eigenvalue weighted by Gasteiger charge is 2.36. The lowest BCUT2D eigenvalue weighted by Gasteiger charge is -2.13. The molecule has 30 heavy (non-hydrogen) atoms. The minimum Gasteiger partial charge on any atom is -0.365 e. The number of carbonyl (C=O) groups is 4. The van der Waals surface area contributed by atoms with E-state index in [1.165, 1.54) is 11.3 Å². The molecule has 1 aliphatic heterocycles. The van der Waals surface area contributed by atoms with E-state index in [0.717, 1.165) is 58.3 Å². The number of hydrogen-bond donors (Lipinski definition) is 2. The van der Waals surface area contributed by atoms with Crippen LogP contribution in [0.2, 0.25) is 0 Å². The molecule has 1 aliphatic carbocycles. The van der Waals surface area contributed by atoms with Gasteiger partial charge in [-0.05, 0) is 54.6 Å². The van der Waals surface area contributed by atoms with Gasteiger partial charge in [0.25, 0.3) is 17.1 Å². The average molecular weight is 442 g/mol. The minimum absolute atomic E-state index is 0.267. The van der Waals surface area contributed by atoms with Gasteiger partial charge in [0.2, 0.25) is 5.91 Å². The molecule has 4 rings (SSSR count). The van der Waals surface area contributed by atoms with Gasteiger partial charge in [0.15, 0.2) is 0 Å². The Bertz CT molecular complexity index is 1080.